The predicted octanol–water partition coefficient (Wildman–Crippen LogP) is 5.00. The quantitative estimate of drug-likeness (QED) is 0.605. The smallest absolute Gasteiger partial charge is 0.119 e. The Morgan fingerprint density at radius 1 is 1.05 bits per heavy atom. The highest BCUT2D eigenvalue weighted by atomic mass is 79.9. The minimum absolute atomic E-state index is 0.847. The summed E-state index contributed by atoms with van der Waals surface area (Å²) in [5.41, 5.74) is 3.00. The standard InChI is InChI=1S/C18H15BrN2O/c1-22-18-9-7-16(8-10-18)21-11-3-6-17(21)13-20-15-5-2-4-14(19)12-15/h2-13H,1H3. The van der Waals surface area contributed by atoms with Gasteiger partial charge in [0, 0.05) is 16.4 Å². The summed E-state index contributed by atoms with van der Waals surface area (Å²) in [6.45, 7) is 0. The molecule has 0 radical (unpaired) electrons. The maximum Gasteiger partial charge on any atom is 0.119 e. The second kappa shape index (κ2) is 6.62. The van der Waals surface area contributed by atoms with Gasteiger partial charge in [0.2, 0.25) is 0 Å². The topological polar surface area (TPSA) is 26.5 Å². The molecule has 0 saturated heterocycles. The molecule has 3 aromatic rings. The summed E-state index contributed by atoms with van der Waals surface area (Å²) in [7, 11) is 1.67. The number of methoxy groups -OCH3 is 1. The van der Waals surface area contributed by atoms with Crippen LogP contribution in [0, 0.1) is 0 Å². The van der Waals surface area contributed by atoms with E-state index in [1.807, 2.05) is 73.1 Å². The molecule has 0 fully saturated rings. The van der Waals surface area contributed by atoms with Crippen LogP contribution in [0.25, 0.3) is 5.69 Å². The third-order valence-corrected chi connectivity index (χ3v) is 3.78. The Bertz CT molecular complexity index is 791. The van der Waals surface area contributed by atoms with Gasteiger partial charge in [0.25, 0.3) is 0 Å². The lowest BCUT2D eigenvalue weighted by Gasteiger charge is -2.07. The first-order valence-electron chi connectivity index (χ1n) is 6.88. The van der Waals surface area contributed by atoms with Crippen LogP contribution in [0.4, 0.5) is 5.69 Å². The van der Waals surface area contributed by atoms with Crippen molar-refractivity contribution in [1.82, 2.24) is 4.57 Å². The number of rotatable bonds is 4. The molecular formula is C18H15BrN2O. The van der Waals surface area contributed by atoms with Gasteiger partial charge < -0.3 is 9.30 Å². The summed E-state index contributed by atoms with van der Waals surface area (Å²) in [6, 6.07) is 19.9. The van der Waals surface area contributed by atoms with Gasteiger partial charge in [-0.25, -0.2) is 0 Å². The zero-order valence-corrected chi connectivity index (χ0v) is 13.7. The molecule has 2 aromatic carbocycles. The lowest BCUT2D eigenvalue weighted by molar-refractivity contribution is 0.415. The SMILES string of the molecule is COc1ccc(-n2cccc2C=Nc2cccc(Br)c2)cc1. The Kier molecular flexibility index (Phi) is 4.39. The van der Waals surface area contributed by atoms with E-state index in [0.717, 1.165) is 27.3 Å². The van der Waals surface area contributed by atoms with Crippen LogP contribution >= 0.6 is 15.9 Å². The van der Waals surface area contributed by atoms with Crippen molar-refractivity contribution in [3.8, 4) is 11.4 Å². The molecule has 0 bridgehead atoms. The highest BCUT2D eigenvalue weighted by Crippen LogP contribution is 2.20. The van der Waals surface area contributed by atoms with E-state index in [1.54, 1.807) is 7.11 Å². The Hall–Kier alpha value is -2.33. The molecular weight excluding hydrogens is 340 g/mol. The number of aliphatic imine (C=N–C) groups is 1. The highest BCUT2D eigenvalue weighted by Gasteiger charge is 2.01. The molecule has 0 atom stereocenters. The van der Waals surface area contributed by atoms with E-state index in [0.29, 0.717) is 0 Å². The fourth-order valence-corrected chi connectivity index (χ4v) is 2.56. The van der Waals surface area contributed by atoms with Gasteiger partial charge in [-0.1, -0.05) is 22.0 Å². The minimum atomic E-state index is 0.847. The fraction of sp³-hybridized carbons (Fsp3) is 0.0556. The largest absolute Gasteiger partial charge is 0.497 e. The van der Waals surface area contributed by atoms with Gasteiger partial charge >= 0.3 is 0 Å². The Balaban J connectivity index is 1.88. The van der Waals surface area contributed by atoms with E-state index in [-0.39, 0.29) is 0 Å². The van der Waals surface area contributed by atoms with Crippen molar-refractivity contribution in [2.24, 2.45) is 4.99 Å². The molecule has 3 rings (SSSR count). The fourth-order valence-electron chi connectivity index (χ4n) is 2.17. The van der Waals surface area contributed by atoms with E-state index >= 15 is 0 Å². The van der Waals surface area contributed by atoms with Crippen LogP contribution in [-0.2, 0) is 0 Å². The monoisotopic (exact) mass is 354 g/mol. The van der Waals surface area contributed by atoms with E-state index in [1.165, 1.54) is 0 Å². The van der Waals surface area contributed by atoms with Crippen molar-refractivity contribution < 1.29 is 4.74 Å². The van der Waals surface area contributed by atoms with Crippen LogP contribution in [0.1, 0.15) is 5.69 Å². The molecule has 3 nitrogen and oxygen atoms in total. The van der Waals surface area contributed by atoms with Gasteiger partial charge in [-0.05, 0) is 54.6 Å². The van der Waals surface area contributed by atoms with E-state index in [9.17, 15) is 0 Å². The molecule has 22 heavy (non-hydrogen) atoms. The maximum atomic E-state index is 5.19. The van der Waals surface area contributed by atoms with Crippen molar-refractivity contribution in [3.05, 3.63) is 77.0 Å². The molecule has 0 aliphatic carbocycles. The van der Waals surface area contributed by atoms with E-state index in [4.69, 9.17) is 4.74 Å². The first-order chi connectivity index (χ1) is 10.8. The molecule has 0 unspecified atom stereocenters. The number of ether oxygens (including phenoxy) is 1. The second-order valence-corrected chi connectivity index (χ2v) is 5.65. The van der Waals surface area contributed by atoms with Gasteiger partial charge in [-0.15, -0.1) is 0 Å². The van der Waals surface area contributed by atoms with E-state index in [2.05, 4.69) is 25.5 Å². The third-order valence-electron chi connectivity index (χ3n) is 3.28. The first kappa shape index (κ1) is 14.6. The van der Waals surface area contributed by atoms with Crippen LogP contribution in [-0.4, -0.2) is 17.9 Å². The van der Waals surface area contributed by atoms with Gasteiger partial charge in [0.15, 0.2) is 0 Å². The van der Waals surface area contributed by atoms with Crippen LogP contribution in [0.5, 0.6) is 5.75 Å². The average Bonchev–Trinajstić information content (AvgIpc) is 3.01. The predicted molar refractivity (Wildman–Crippen MR) is 93.7 cm³/mol. The third kappa shape index (κ3) is 3.28. The average molecular weight is 355 g/mol. The van der Waals surface area contributed by atoms with Crippen molar-refractivity contribution in [3.63, 3.8) is 0 Å². The van der Waals surface area contributed by atoms with Crippen LogP contribution in [0.15, 0.2) is 76.3 Å². The molecule has 0 aliphatic heterocycles. The molecule has 0 saturated carbocycles. The number of hydrogen-bond acceptors (Lipinski definition) is 2. The molecule has 0 spiro atoms. The van der Waals surface area contributed by atoms with Crippen LogP contribution < -0.4 is 4.74 Å². The molecule has 0 amide bonds. The van der Waals surface area contributed by atoms with Crippen molar-refractivity contribution >= 4 is 27.8 Å². The van der Waals surface area contributed by atoms with Gasteiger partial charge in [-0.2, -0.15) is 0 Å². The van der Waals surface area contributed by atoms with Crippen LogP contribution in [0.2, 0.25) is 0 Å². The number of benzene rings is 2. The van der Waals surface area contributed by atoms with Crippen molar-refractivity contribution in [2.75, 3.05) is 7.11 Å². The van der Waals surface area contributed by atoms with Crippen molar-refractivity contribution in [1.29, 1.82) is 0 Å². The molecule has 0 aliphatic rings. The van der Waals surface area contributed by atoms with Crippen LogP contribution in [0.3, 0.4) is 0 Å². The maximum absolute atomic E-state index is 5.19. The zero-order valence-electron chi connectivity index (χ0n) is 12.1. The molecule has 4 heteroatoms. The summed E-state index contributed by atoms with van der Waals surface area (Å²) < 4.78 is 8.30. The molecule has 1 aromatic heterocycles. The normalized spacial score (nSPS) is 11.0. The number of hydrogen-bond donors (Lipinski definition) is 0. The Morgan fingerprint density at radius 2 is 1.86 bits per heavy atom. The molecule has 1 heterocycles. The van der Waals surface area contributed by atoms with Crippen molar-refractivity contribution in [2.45, 2.75) is 0 Å². The minimum Gasteiger partial charge on any atom is -0.497 e. The van der Waals surface area contributed by atoms with Gasteiger partial charge in [0.1, 0.15) is 5.75 Å². The Labute approximate surface area is 138 Å². The number of aromatic nitrogens is 1. The summed E-state index contributed by atoms with van der Waals surface area (Å²) in [5, 5.41) is 0. The summed E-state index contributed by atoms with van der Waals surface area (Å²) in [5.74, 6) is 0.847. The highest BCUT2D eigenvalue weighted by molar-refractivity contribution is 9.10. The van der Waals surface area contributed by atoms with E-state index < -0.39 is 0 Å². The molecule has 0 N–H and O–H groups in total. The number of halogens is 1. The molecule has 110 valence electrons. The number of nitrogens with zero attached hydrogens (tertiary/aromatic N) is 2. The van der Waals surface area contributed by atoms with Gasteiger partial charge in [0.05, 0.1) is 24.7 Å². The Morgan fingerprint density at radius 3 is 2.59 bits per heavy atom. The zero-order chi connectivity index (χ0) is 15.4. The van der Waals surface area contributed by atoms with Gasteiger partial charge in [-0.3, -0.25) is 4.99 Å². The summed E-state index contributed by atoms with van der Waals surface area (Å²) in [6.07, 6.45) is 3.88. The lowest BCUT2D eigenvalue weighted by atomic mass is 10.3. The first-order valence-corrected chi connectivity index (χ1v) is 7.67. The summed E-state index contributed by atoms with van der Waals surface area (Å²) >= 11 is 3.45. The second-order valence-electron chi connectivity index (χ2n) is 4.74. The summed E-state index contributed by atoms with van der Waals surface area (Å²) in [4.78, 5) is 4.53. The lowest BCUT2D eigenvalue weighted by Crippen LogP contribution is -1.97.